The second-order valence-electron chi connectivity index (χ2n) is 13.5. The third kappa shape index (κ3) is 8.57. The van der Waals surface area contributed by atoms with E-state index in [1.54, 1.807) is 17.4 Å². The highest BCUT2D eigenvalue weighted by Gasteiger charge is 2.35. The van der Waals surface area contributed by atoms with Crippen LogP contribution >= 0.6 is 11.3 Å². The minimum absolute atomic E-state index is 0.233. The summed E-state index contributed by atoms with van der Waals surface area (Å²) >= 11 is 1.60. The molecule has 2 atom stereocenters. The maximum absolute atomic E-state index is 11.8. The lowest BCUT2D eigenvalue weighted by Gasteiger charge is -2.32. The fraction of sp³-hybridized carbons (Fsp3) is 0.364. The molecule has 1 aromatic heterocycles. The number of hydrogen-bond donors (Lipinski definition) is 1. The molecule has 0 saturated carbocycles. The molecule has 0 radical (unpaired) electrons. The van der Waals surface area contributed by atoms with Gasteiger partial charge in [0.1, 0.15) is 23.1 Å². The van der Waals surface area contributed by atoms with Gasteiger partial charge >= 0.3 is 5.97 Å². The Bertz CT molecular complexity index is 1810. The number of benzene rings is 3. The van der Waals surface area contributed by atoms with E-state index in [0.717, 1.165) is 82.8 Å². The van der Waals surface area contributed by atoms with Crippen LogP contribution in [0.15, 0.2) is 90.5 Å². The van der Waals surface area contributed by atoms with Gasteiger partial charge in [-0.2, -0.15) is 5.26 Å². The van der Waals surface area contributed by atoms with Crippen molar-refractivity contribution >= 4 is 40.4 Å². The fourth-order valence-electron chi connectivity index (χ4n) is 7.15. The van der Waals surface area contributed by atoms with E-state index in [0.29, 0.717) is 5.92 Å². The van der Waals surface area contributed by atoms with Gasteiger partial charge in [0.05, 0.1) is 13.2 Å². The normalized spacial score (nSPS) is 16.1. The molecular weight excluding hydrogens is 653 g/mol. The largest absolute Gasteiger partial charge is 0.494 e. The van der Waals surface area contributed by atoms with Gasteiger partial charge in [-0.25, -0.2) is 4.79 Å². The lowest BCUT2D eigenvalue weighted by atomic mass is 9.71. The minimum Gasteiger partial charge on any atom is -0.494 e. The number of thiophene rings is 1. The molecule has 4 aromatic rings. The standard InChI is InChI=1S/C44H48N2O4S/c1-3-5-7-9-27-49-38-23-19-36(20-24-38)46(37-21-25-39(26-22-37)50-28-10-8-6-4-2)35-17-15-33(16-18-35)43-42-32-13-11-31(12-14-32)41(42)40(51-43)29-34(30-45)44(47)48/h11,13,15-26,29,31-32H,3-10,12,14,27-28H2,1-2H3,(H,47,48)/b34-29+. The zero-order chi connectivity index (χ0) is 35.6. The number of carboxylic acids is 1. The summed E-state index contributed by atoms with van der Waals surface area (Å²) in [6.45, 7) is 5.88. The molecule has 264 valence electrons. The Morgan fingerprint density at radius 1 is 0.765 bits per heavy atom. The van der Waals surface area contributed by atoms with Crippen molar-refractivity contribution < 1.29 is 19.4 Å². The van der Waals surface area contributed by atoms with Gasteiger partial charge in [0.15, 0.2) is 0 Å². The monoisotopic (exact) mass is 700 g/mol. The van der Waals surface area contributed by atoms with Crippen LogP contribution in [0.3, 0.4) is 0 Å². The molecule has 0 saturated heterocycles. The van der Waals surface area contributed by atoms with Crippen LogP contribution in [0, 0.1) is 11.3 Å². The van der Waals surface area contributed by atoms with Crippen LogP contribution < -0.4 is 14.4 Å². The van der Waals surface area contributed by atoms with Crippen molar-refractivity contribution in [2.45, 2.75) is 89.9 Å². The van der Waals surface area contributed by atoms with Crippen LogP contribution in [0.4, 0.5) is 17.1 Å². The van der Waals surface area contributed by atoms with E-state index in [-0.39, 0.29) is 11.5 Å². The number of aliphatic carboxylic acids is 1. The zero-order valence-corrected chi connectivity index (χ0v) is 30.6. The number of ether oxygens (including phenoxy) is 2. The zero-order valence-electron chi connectivity index (χ0n) is 29.8. The molecule has 0 fully saturated rings. The molecule has 0 aliphatic heterocycles. The van der Waals surface area contributed by atoms with Crippen molar-refractivity contribution in [1.29, 1.82) is 5.26 Å². The number of fused-ring (bicyclic) bond motifs is 1. The third-order valence-electron chi connectivity index (χ3n) is 9.86. The van der Waals surface area contributed by atoms with E-state index >= 15 is 0 Å². The highest BCUT2D eigenvalue weighted by atomic mass is 32.1. The Hall–Kier alpha value is -4.80. The lowest BCUT2D eigenvalue weighted by Crippen LogP contribution is -2.16. The van der Waals surface area contributed by atoms with Gasteiger partial charge < -0.3 is 19.5 Å². The molecule has 0 amide bonds. The highest BCUT2D eigenvalue weighted by Crippen LogP contribution is 2.54. The molecule has 1 heterocycles. The number of hydrogen-bond acceptors (Lipinski definition) is 6. The molecule has 2 unspecified atom stereocenters. The molecule has 7 heteroatoms. The number of unbranched alkanes of at least 4 members (excludes halogenated alkanes) is 6. The first-order chi connectivity index (χ1) is 25.0. The lowest BCUT2D eigenvalue weighted by molar-refractivity contribution is -0.132. The minimum atomic E-state index is -1.19. The molecule has 3 aromatic carbocycles. The van der Waals surface area contributed by atoms with Gasteiger partial charge in [0.25, 0.3) is 0 Å². The summed E-state index contributed by atoms with van der Waals surface area (Å²) in [5.74, 6) is 1.09. The predicted molar refractivity (Wildman–Crippen MR) is 209 cm³/mol. The van der Waals surface area contributed by atoms with Crippen LogP contribution in [0.2, 0.25) is 0 Å². The van der Waals surface area contributed by atoms with Crippen molar-refractivity contribution in [3.05, 3.63) is 107 Å². The summed E-state index contributed by atoms with van der Waals surface area (Å²) in [6, 6.07) is 27.1. The third-order valence-corrected chi connectivity index (χ3v) is 11.1. The molecule has 1 N–H and O–H groups in total. The van der Waals surface area contributed by atoms with Gasteiger partial charge in [-0.15, -0.1) is 11.3 Å². The van der Waals surface area contributed by atoms with E-state index in [4.69, 9.17) is 9.47 Å². The van der Waals surface area contributed by atoms with Crippen molar-refractivity contribution in [3.8, 4) is 28.0 Å². The number of carboxylic acid groups (broad SMARTS) is 1. The number of carbonyl (C=O) groups is 1. The van der Waals surface area contributed by atoms with Crippen molar-refractivity contribution in [3.63, 3.8) is 0 Å². The molecule has 3 aliphatic carbocycles. The molecule has 0 spiro atoms. The fourth-order valence-corrected chi connectivity index (χ4v) is 8.54. The summed E-state index contributed by atoms with van der Waals surface area (Å²) in [4.78, 5) is 16.0. The van der Waals surface area contributed by atoms with Gasteiger partial charge in [0, 0.05) is 38.7 Å². The maximum atomic E-state index is 11.8. The Kier molecular flexibility index (Phi) is 12.3. The summed E-state index contributed by atoms with van der Waals surface area (Å²) in [7, 11) is 0. The van der Waals surface area contributed by atoms with Crippen LogP contribution in [-0.4, -0.2) is 24.3 Å². The molecule has 7 rings (SSSR count). The van der Waals surface area contributed by atoms with E-state index in [9.17, 15) is 15.2 Å². The van der Waals surface area contributed by atoms with Crippen LogP contribution in [0.1, 0.15) is 106 Å². The molecule has 2 bridgehead atoms. The Balaban J connectivity index is 1.30. The average molecular weight is 701 g/mol. The molecule has 6 nitrogen and oxygen atoms in total. The Labute approximate surface area is 306 Å². The number of anilines is 3. The van der Waals surface area contributed by atoms with Gasteiger partial charge in [0.2, 0.25) is 0 Å². The van der Waals surface area contributed by atoms with E-state index in [1.165, 1.54) is 49.7 Å². The predicted octanol–water partition coefficient (Wildman–Crippen LogP) is 12.3. The maximum Gasteiger partial charge on any atom is 0.346 e. The Morgan fingerprint density at radius 2 is 1.25 bits per heavy atom. The number of nitriles is 1. The molecular formula is C44H48N2O4S. The van der Waals surface area contributed by atoms with Gasteiger partial charge in [-0.3, -0.25) is 0 Å². The van der Waals surface area contributed by atoms with Crippen molar-refractivity contribution in [2.24, 2.45) is 0 Å². The molecule has 3 aliphatic rings. The van der Waals surface area contributed by atoms with Crippen molar-refractivity contribution in [1.82, 2.24) is 0 Å². The Morgan fingerprint density at radius 3 is 1.71 bits per heavy atom. The van der Waals surface area contributed by atoms with E-state index in [1.807, 2.05) is 30.3 Å². The number of nitrogens with zero attached hydrogens (tertiary/aromatic N) is 2. The first-order valence-electron chi connectivity index (χ1n) is 18.6. The highest BCUT2D eigenvalue weighted by molar-refractivity contribution is 7.16. The van der Waals surface area contributed by atoms with Crippen LogP contribution in [0.25, 0.3) is 16.5 Å². The SMILES string of the molecule is CCCCCCOc1ccc(N(c2ccc(OCCCCCC)cc2)c2ccc(-c3sc(/C=C(\C#N)C(=O)O)c4c3C3C=CC4CC3)cc2)cc1. The average Bonchev–Trinajstić information content (AvgIpc) is 3.57. The number of allylic oxidation sites excluding steroid dienone is 2. The second-order valence-corrected chi connectivity index (χ2v) is 14.5. The summed E-state index contributed by atoms with van der Waals surface area (Å²) in [5, 5.41) is 19.1. The summed E-state index contributed by atoms with van der Waals surface area (Å²) in [6.07, 6.45) is 17.6. The van der Waals surface area contributed by atoms with E-state index < -0.39 is 5.97 Å². The topological polar surface area (TPSA) is 82.8 Å². The van der Waals surface area contributed by atoms with Crippen LogP contribution in [-0.2, 0) is 4.79 Å². The number of rotatable bonds is 18. The van der Waals surface area contributed by atoms with Crippen LogP contribution in [0.5, 0.6) is 11.5 Å². The summed E-state index contributed by atoms with van der Waals surface area (Å²) < 4.78 is 12.1. The van der Waals surface area contributed by atoms with E-state index in [2.05, 4.69) is 79.4 Å². The van der Waals surface area contributed by atoms with Crippen molar-refractivity contribution in [2.75, 3.05) is 18.1 Å². The first kappa shape index (κ1) is 36.0. The smallest absolute Gasteiger partial charge is 0.346 e. The molecule has 51 heavy (non-hydrogen) atoms. The first-order valence-corrected chi connectivity index (χ1v) is 19.4. The second kappa shape index (κ2) is 17.4. The van der Waals surface area contributed by atoms with Gasteiger partial charge in [-0.1, -0.05) is 76.7 Å². The van der Waals surface area contributed by atoms with Gasteiger partial charge in [-0.05, 0) is 109 Å². The summed E-state index contributed by atoms with van der Waals surface area (Å²) in [5.41, 5.74) is 6.40. The quantitative estimate of drug-likeness (QED) is 0.0481.